The molecule has 0 fully saturated rings. The summed E-state index contributed by atoms with van der Waals surface area (Å²) in [6.07, 6.45) is 3.00. The lowest BCUT2D eigenvalue weighted by molar-refractivity contribution is 0.428. The third kappa shape index (κ3) is 4.97. The molecule has 1 rings (SSSR count). The summed E-state index contributed by atoms with van der Waals surface area (Å²) < 4.78 is 36.6. The van der Waals surface area contributed by atoms with Crippen LogP contribution in [0.3, 0.4) is 0 Å². The Kier molecular flexibility index (Phi) is 5.49. The molecular formula is C11H18FN3O2S. The van der Waals surface area contributed by atoms with Crippen molar-refractivity contribution in [2.45, 2.75) is 13.3 Å². The van der Waals surface area contributed by atoms with Gasteiger partial charge in [0, 0.05) is 19.6 Å². The largest absolute Gasteiger partial charge is 0.370 e. The minimum absolute atomic E-state index is 0.380. The highest BCUT2D eigenvalue weighted by molar-refractivity contribution is 7.88. The Balaban J connectivity index is 2.32. The van der Waals surface area contributed by atoms with Crippen molar-refractivity contribution in [2.24, 2.45) is 0 Å². The zero-order valence-electron chi connectivity index (χ0n) is 10.6. The van der Waals surface area contributed by atoms with Crippen LogP contribution in [0.2, 0.25) is 0 Å². The standard InChI is InChI=1S/C11H18FN3O2S/c1-3-15(18(2,16)17)8-4-7-13-11-6-5-10(12)9-14-11/h5-6,9H,3-4,7-8H2,1-2H3,(H,13,14). The molecule has 0 saturated heterocycles. The van der Waals surface area contributed by atoms with E-state index in [4.69, 9.17) is 0 Å². The first kappa shape index (κ1) is 14.8. The summed E-state index contributed by atoms with van der Waals surface area (Å²) in [5.41, 5.74) is 0. The number of hydrogen-bond acceptors (Lipinski definition) is 4. The maximum Gasteiger partial charge on any atom is 0.211 e. The number of halogens is 1. The van der Waals surface area contributed by atoms with E-state index in [9.17, 15) is 12.8 Å². The van der Waals surface area contributed by atoms with E-state index in [0.29, 0.717) is 31.9 Å². The molecule has 1 aromatic rings. The van der Waals surface area contributed by atoms with Crippen LogP contribution in [-0.2, 0) is 10.0 Å². The van der Waals surface area contributed by atoms with Crippen molar-refractivity contribution in [3.8, 4) is 0 Å². The molecule has 18 heavy (non-hydrogen) atoms. The molecule has 0 amide bonds. The van der Waals surface area contributed by atoms with Crippen molar-refractivity contribution in [1.29, 1.82) is 0 Å². The van der Waals surface area contributed by atoms with Crippen molar-refractivity contribution >= 4 is 15.8 Å². The van der Waals surface area contributed by atoms with Gasteiger partial charge in [0.25, 0.3) is 0 Å². The van der Waals surface area contributed by atoms with E-state index in [1.54, 1.807) is 13.0 Å². The summed E-state index contributed by atoms with van der Waals surface area (Å²) in [5.74, 6) is 0.202. The third-order valence-corrected chi connectivity index (χ3v) is 3.82. The maximum absolute atomic E-state index is 12.6. The number of nitrogens with zero attached hydrogens (tertiary/aromatic N) is 2. The van der Waals surface area contributed by atoms with E-state index < -0.39 is 10.0 Å². The molecule has 1 aromatic heterocycles. The van der Waals surface area contributed by atoms with Gasteiger partial charge in [-0.2, -0.15) is 0 Å². The molecular weight excluding hydrogens is 257 g/mol. The minimum Gasteiger partial charge on any atom is -0.370 e. The average Bonchev–Trinajstić information content (AvgIpc) is 2.30. The molecule has 0 aromatic carbocycles. The normalized spacial score (nSPS) is 11.8. The van der Waals surface area contributed by atoms with Crippen molar-refractivity contribution in [2.75, 3.05) is 31.2 Å². The molecule has 0 saturated carbocycles. The van der Waals surface area contributed by atoms with Crippen LogP contribution in [0.1, 0.15) is 13.3 Å². The van der Waals surface area contributed by atoms with E-state index in [2.05, 4.69) is 10.3 Å². The minimum atomic E-state index is -3.13. The number of rotatable bonds is 7. The van der Waals surface area contributed by atoms with Gasteiger partial charge in [-0.25, -0.2) is 22.1 Å². The first-order chi connectivity index (χ1) is 8.43. The Labute approximate surface area is 107 Å². The second-order valence-corrected chi connectivity index (χ2v) is 5.88. The maximum atomic E-state index is 12.6. The molecule has 102 valence electrons. The molecule has 0 aliphatic heterocycles. The summed E-state index contributed by atoms with van der Waals surface area (Å²) in [6, 6.07) is 2.87. The van der Waals surface area contributed by atoms with Crippen LogP contribution in [-0.4, -0.2) is 43.6 Å². The van der Waals surface area contributed by atoms with E-state index in [0.717, 1.165) is 6.20 Å². The molecule has 1 heterocycles. The Morgan fingerprint density at radius 1 is 1.44 bits per heavy atom. The van der Waals surface area contributed by atoms with Crippen molar-refractivity contribution < 1.29 is 12.8 Å². The van der Waals surface area contributed by atoms with Crippen LogP contribution in [0.25, 0.3) is 0 Å². The van der Waals surface area contributed by atoms with Crippen LogP contribution < -0.4 is 5.32 Å². The van der Waals surface area contributed by atoms with Crippen molar-refractivity contribution in [3.05, 3.63) is 24.1 Å². The number of hydrogen-bond donors (Lipinski definition) is 1. The van der Waals surface area contributed by atoms with Gasteiger partial charge in [-0.1, -0.05) is 6.92 Å². The fourth-order valence-electron chi connectivity index (χ4n) is 1.51. The van der Waals surface area contributed by atoms with Crippen LogP contribution in [0.4, 0.5) is 10.2 Å². The molecule has 0 radical (unpaired) electrons. The molecule has 0 unspecified atom stereocenters. The monoisotopic (exact) mass is 275 g/mol. The summed E-state index contributed by atoms with van der Waals surface area (Å²) in [4.78, 5) is 3.85. The summed E-state index contributed by atoms with van der Waals surface area (Å²) in [6.45, 7) is 3.32. The lowest BCUT2D eigenvalue weighted by Gasteiger charge is -2.17. The first-order valence-electron chi connectivity index (χ1n) is 5.74. The van der Waals surface area contributed by atoms with Crippen LogP contribution in [0, 0.1) is 5.82 Å². The zero-order chi connectivity index (χ0) is 13.6. The SMILES string of the molecule is CCN(CCCNc1ccc(F)cn1)S(C)(=O)=O. The fraction of sp³-hybridized carbons (Fsp3) is 0.545. The predicted molar refractivity (Wildman–Crippen MR) is 69.4 cm³/mol. The lowest BCUT2D eigenvalue weighted by Crippen LogP contribution is -2.31. The van der Waals surface area contributed by atoms with Gasteiger partial charge in [0.05, 0.1) is 12.5 Å². The number of anilines is 1. The van der Waals surface area contributed by atoms with Gasteiger partial charge in [0.2, 0.25) is 10.0 Å². The Bertz CT molecular complexity index is 462. The number of sulfonamides is 1. The summed E-state index contributed by atoms with van der Waals surface area (Å²) >= 11 is 0. The average molecular weight is 275 g/mol. The Morgan fingerprint density at radius 3 is 2.67 bits per heavy atom. The third-order valence-electron chi connectivity index (χ3n) is 2.44. The lowest BCUT2D eigenvalue weighted by atomic mass is 10.4. The molecule has 7 heteroatoms. The van der Waals surface area contributed by atoms with Crippen molar-refractivity contribution in [1.82, 2.24) is 9.29 Å². The molecule has 0 bridgehead atoms. The highest BCUT2D eigenvalue weighted by Crippen LogP contribution is 2.04. The zero-order valence-corrected chi connectivity index (χ0v) is 11.4. The van der Waals surface area contributed by atoms with Gasteiger partial charge >= 0.3 is 0 Å². The van der Waals surface area contributed by atoms with E-state index in [-0.39, 0.29) is 5.82 Å². The first-order valence-corrected chi connectivity index (χ1v) is 7.59. The van der Waals surface area contributed by atoms with E-state index in [1.165, 1.54) is 16.6 Å². The molecule has 0 aliphatic rings. The number of nitrogens with one attached hydrogen (secondary N) is 1. The second kappa shape index (κ2) is 6.65. The number of aromatic nitrogens is 1. The Hall–Kier alpha value is -1.21. The van der Waals surface area contributed by atoms with Crippen LogP contribution >= 0.6 is 0 Å². The second-order valence-electron chi connectivity index (χ2n) is 3.90. The van der Waals surface area contributed by atoms with Crippen LogP contribution in [0.15, 0.2) is 18.3 Å². The van der Waals surface area contributed by atoms with Crippen molar-refractivity contribution in [3.63, 3.8) is 0 Å². The Morgan fingerprint density at radius 2 is 2.17 bits per heavy atom. The highest BCUT2D eigenvalue weighted by atomic mass is 32.2. The van der Waals surface area contributed by atoms with Gasteiger partial charge < -0.3 is 5.32 Å². The van der Waals surface area contributed by atoms with E-state index in [1.807, 2.05) is 0 Å². The summed E-state index contributed by atoms with van der Waals surface area (Å²) in [5, 5.41) is 3.00. The van der Waals surface area contributed by atoms with Gasteiger partial charge in [-0.3, -0.25) is 0 Å². The molecule has 0 atom stereocenters. The molecule has 5 nitrogen and oxygen atoms in total. The van der Waals surface area contributed by atoms with Gasteiger partial charge in [-0.05, 0) is 18.6 Å². The predicted octanol–water partition coefficient (Wildman–Crippen LogP) is 1.30. The van der Waals surface area contributed by atoms with Gasteiger partial charge in [0.15, 0.2) is 0 Å². The van der Waals surface area contributed by atoms with Gasteiger partial charge in [-0.15, -0.1) is 0 Å². The summed E-state index contributed by atoms with van der Waals surface area (Å²) in [7, 11) is -3.13. The highest BCUT2D eigenvalue weighted by Gasteiger charge is 2.12. The van der Waals surface area contributed by atoms with E-state index >= 15 is 0 Å². The van der Waals surface area contributed by atoms with Gasteiger partial charge in [0.1, 0.15) is 11.6 Å². The van der Waals surface area contributed by atoms with Crippen LogP contribution in [0.5, 0.6) is 0 Å². The molecule has 0 aliphatic carbocycles. The molecule has 0 spiro atoms. The quantitative estimate of drug-likeness (QED) is 0.762. The molecule has 1 N–H and O–H groups in total. The smallest absolute Gasteiger partial charge is 0.211 e. The topological polar surface area (TPSA) is 62.3 Å². The fourth-order valence-corrected chi connectivity index (χ4v) is 2.44. The number of pyridine rings is 1.